The van der Waals surface area contributed by atoms with Crippen molar-refractivity contribution in [3.63, 3.8) is 0 Å². The second-order valence-corrected chi connectivity index (χ2v) is 6.32. The van der Waals surface area contributed by atoms with E-state index in [4.69, 9.17) is 9.47 Å². The zero-order valence-corrected chi connectivity index (χ0v) is 14.5. The lowest BCUT2D eigenvalue weighted by atomic mass is 10.1. The number of hydrogen-bond acceptors (Lipinski definition) is 3. The van der Waals surface area contributed by atoms with Gasteiger partial charge in [-0.1, -0.05) is 40.2 Å². The van der Waals surface area contributed by atoms with Crippen LogP contribution in [0.5, 0.6) is 11.5 Å². The van der Waals surface area contributed by atoms with Crippen LogP contribution in [0.2, 0.25) is 0 Å². The van der Waals surface area contributed by atoms with Gasteiger partial charge in [0.15, 0.2) is 11.5 Å². The lowest BCUT2D eigenvalue weighted by Crippen LogP contribution is -2.25. The largest absolute Gasteiger partial charge is 0.486 e. The second-order valence-electron chi connectivity index (χ2n) is 5.47. The Balaban J connectivity index is 1.65. The van der Waals surface area contributed by atoms with Crippen molar-refractivity contribution in [2.75, 3.05) is 13.2 Å². The number of fused-ring (bicyclic) bond motifs is 1. The van der Waals surface area contributed by atoms with Crippen LogP contribution in [0, 0.1) is 6.92 Å². The highest BCUT2D eigenvalue weighted by Crippen LogP contribution is 2.35. The van der Waals surface area contributed by atoms with Gasteiger partial charge in [0.2, 0.25) is 5.91 Å². The maximum absolute atomic E-state index is 12.2. The monoisotopic (exact) mass is 375 g/mol. The second kappa shape index (κ2) is 7.04. The Morgan fingerprint density at radius 3 is 2.57 bits per heavy atom. The minimum atomic E-state index is -0.0226. The van der Waals surface area contributed by atoms with Gasteiger partial charge in [0, 0.05) is 11.0 Å². The smallest absolute Gasteiger partial charge is 0.224 e. The van der Waals surface area contributed by atoms with Crippen LogP contribution in [0.1, 0.15) is 16.7 Å². The molecule has 23 heavy (non-hydrogen) atoms. The van der Waals surface area contributed by atoms with Gasteiger partial charge in [0.05, 0.1) is 6.42 Å². The van der Waals surface area contributed by atoms with E-state index in [0.29, 0.717) is 37.7 Å². The molecule has 0 radical (unpaired) electrons. The Morgan fingerprint density at radius 2 is 1.83 bits per heavy atom. The van der Waals surface area contributed by atoms with Crippen molar-refractivity contribution in [2.24, 2.45) is 0 Å². The van der Waals surface area contributed by atoms with Crippen LogP contribution in [0.15, 0.2) is 40.9 Å². The Labute approximate surface area is 143 Å². The molecule has 2 aromatic rings. The van der Waals surface area contributed by atoms with E-state index in [2.05, 4.69) is 21.2 Å². The molecule has 0 unspecified atom stereocenters. The lowest BCUT2D eigenvalue weighted by molar-refractivity contribution is -0.120. The predicted octanol–water partition coefficient (Wildman–Crippen LogP) is 3.39. The van der Waals surface area contributed by atoms with E-state index < -0.39 is 0 Å². The van der Waals surface area contributed by atoms with Crippen molar-refractivity contribution in [3.05, 3.63) is 57.6 Å². The van der Waals surface area contributed by atoms with Crippen molar-refractivity contribution in [3.8, 4) is 11.5 Å². The van der Waals surface area contributed by atoms with E-state index in [0.717, 1.165) is 15.6 Å². The van der Waals surface area contributed by atoms with Crippen LogP contribution in [0.4, 0.5) is 0 Å². The number of carbonyl (C=O) groups excluding carboxylic acids is 1. The molecule has 0 saturated carbocycles. The Morgan fingerprint density at radius 1 is 1.13 bits per heavy atom. The molecule has 5 heteroatoms. The molecule has 1 aliphatic heterocycles. The van der Waals surface area contributed by atoms with Crippen LogP contribution in [-0.2, 0) is 17.8 Å². The minimum absolute atomic E-state index is 0.0226. The van der Waals surface area contributed by atoms with Gasteiger partial charge < -0.3 is 14.8 Å². The summed E-state index contributed by atoms with van der Waals surface area (Å²) in [4.78, 5) is 12.2. The third kappa shape index (κ3) is 3.85. The SMILES string of the molecule is Cc1ccccc1CNC(=O)Cc1cc2c(cc1Br)OCCO2. The molecule has 0 spiro atoms. The average Bonchev–Trinajstić information content (AvgIpc) is 2.55. The fourth-order valence-corrected chi connectivity index (χ4v) is 2.94. The highest BCUT2D eigenvalue weighted by Gasteiger charge is 2.16. The first-order chi connectivity index (χ1) is 11.1. The summed E-state index contributed by atoms with van der Waals surface area (Å²) in [5.74, 6) is 1.39. The number of benzene rings is 2. The Bertz CT molecular complexity index is 730. The fourth-order valence-electron chi connectivity index (χ4n) is 2.48. The molecule has 3 rings (SSSR count). The predicted molar refractivity (Wildman–Crippen MR) is 91.9 cm³/mol. The molecule has 0 aliphatic carbocycles. The zero-order chi connectivity index (χ0) is 16.2. The van der Waals surface area contributed by atoms with Crippen LogP contribution in [0.25, 0.3) is 0 Å². The first kappa shape index (κ1) is 15.9. The third-order valence-electron chi connectivity index (χ3n) is 3.80. The average molecular weight is 376 g/mol. The number of rotatable bonds is 4. The van der Waals surface area contributed by atoms with Gasteiger partial charge in [-0.15, -0.1) is 0 Å². The van der Waals surface area contributed by atoms with Gasteiger partial charge in [0.1, 0.15) is 13.2 Å². The van der Waals surface area contributed by atoms with Crippen molar-refractivity contribution >= 4 is 21.8 Å². The summed E-state index contributed by atoms with van der Waals surface area (Å²) in [7, 11) is 0. The topological polar surface area (TPSA) is 47.6 Å². The Hall–Kier alpha value is -2.01. The number of hydrogen-bond donors (Lipinski definition) is 1. The van der Waals surface area contributed by atoms with Gasteiger partial charge in [-0.3, -0.25) is 4.79 Å². The molecule has 0 saturated heterocycles. The van der Waals surface area contributed by atoms with Crippen molar-refractivity contribution in [2.45, 2.75) is 19.9 Å². The Kier molecular flexibility index (Phi) is 4.86. The molecular formula is C18H18BrNO3. The molecule has 0 atom stereocenters. The lowest BCUT2D eigenvalue weighted by Gasteiger charge is -2.20. The first-order valence-corrected chi connectivity index (χ1v) is 8.32. The maximum Gasteiger partial charge on any atom is 0.224 e. The molecule has 1 heterocycles. The molecule has 2 aromatic carbocycles. The molecule has 1 N–H and O–H groups in total. The van der Waals surface area contributed by atoms with E-state index in [9.17, 15) is 4.79 Å². The normalized spacial score (nSPS) is 12.8. The zero-order valence-electron chi connectivity index (χ0n) is 12.9. The van der Waals surface area contributed by atoms with Gasteiger partial charge in [0.25, 0.3) is 0 Å². The molecule has 0 aromatic heterocycles. The third-order valence-corrected chi connectivity index (χ3v) is 4.54. The standard InChI is InChI=1S/C18H18BrNO3/c1-12-4-2-3-5-13(12)11-20-18(21)9-14-8-16-17(10-15(14)19)23-7-6-22-16/h2-5,8,10H,6-7,9,11H2,1H3,(H,20,21). The summed E-state index contributed by atoms with van der Waals surface area (Å²) >= 11 is 3.50. The quantitative estimate of drug-likeness (QED) is 0.890. The highest BCUT2D eigenvalue weighted by atomic mass is 79.9. The summed E-state index contributed by atoms with van der Waals surface area (Å²) in [6.07, 6.45) is 0.295. The molecule has 1 aliphatic rings. The van der Waals surface area contributed by atoms with Crippen LogP contribution in [0.3, 0.4) is 0 Å². The number of amides is 1. The summed E-state index contributed by atoms with van der Waals surface area (Å²) in [5.41, 5.74) is 3.19. The number of carbonyl (C=O) groups is 1. The highest BCUT2D eigenvalue weighted by molar-refractivity contribution is 9.10. The maximum atomic E-state index is 12.2. The number of ether oxygens (including phenoxy) is 2. The van der Waals surface area contributed by atoms with Gasteiger partial charge in [-0.05, 0) is 35.7 Å². The van der Waals surface area contributed by atoms with Crippen LogP contribution >= 0.6 is 15.9 Å². The van der Waals surface area contributed by atoms with Crippen molar-refractivity contribution in [1.29, 1.82) is 0 Å². The van der Waals surface area contributed by atoms with E-state index >= 15 is 0 Å². The summed E-state index contributed by atoms with van der Waals surface area (Å²) < 4.78 is 11.9. The van der Waals surface area contributed by atoms with E-state index in [1.165, 1.54) is 5.56 Å². The molecular weight excluding hydrogens is 358 g/mol. The van der Waals surface area contributed by atoms with Crippen molar-refractivity contribution in [1.82, 2.24) is 5.32 Å². The summed E-state index contributed by atoms with van der Waals surface area (Å²) in [6, 6.07) is 11.8. The van der Waals surface area contributed by atoms with Gasteiger partial charge >= 0.3 is 0 Å². The fraction of sp³-hybridized carbons (Fsp3) is 0.278. The molecule has 120 valence electrons. The first-order valence-electron chi connectivity index (χ1n) is 7.52. The van der Waals surface area contributed by atoms with Crippen molar-refractivity contribution < 1.29 is 14.3 Å². The van der Waals surface area contributed by atoms with E-state index in [1.807, 2.05) is 43.3 Å². The van der Waals surface area contributed by atoms with Gasteiger partial charge in [-0.25, -0.2) is 0 Å². The minimum Gasteiger partial charge on any atom is -0.486 e. The van der Waals surface area contributed by atoms with Crippen LogP contribution < -0.4 is 14.8 Å². The molecule has 0 fully saturated rings. The van der Waals surface area contributed by atoms with E-state index in [-0.39, 0.29) is 5.91 Å². The van der Waals surface area contributed by atoms with E-state index in [1.54, 1.807) is 0 Å². The summed E-state index contributed by atoms with van der Waals surface area (Å²) in [6.45, 7) is 3.66. The molecule has 0 bridgehead atoms. The number of halogens is 1. The number of nitrogens with one attached hydrogen (secondary N) is 1. The summed E-state index contributed by atoms with van der Waals surface area (Å²) in [5, 5.41) is 2.96. The molecule has 4 nitrogen and oxygen atoms in total. The van der Waals surface area contributed by atoms with Crippen LogP contribution in [-0.4, -0.2) is 19.1 Å². The number of aryl methyl sites for hydroxylation is 1. The molecule has 1 amide bonds. The van der Waals surface area contributed by atoms with Gasteiger partial charge in [-0.2, -0.15) is 0 Å².